The van der Waals surface area contributed by atoms with Gasteiger partial charge in [0.2, 0.25) is 0 Å². The van der Waals surface area contributed by atoms with Gasteiger partial charge in [-0.3, -0.25) is 9.59 Å². The van der Waals surface area contributed by atoms with Gasteiger partial charge in [-0.15, -0.1) is 0 Å². The minimum Gasteiger partial charge on any atom is -0.465 e. The van der Waals surface area contributed by atoms with Crippen molar-refractivity contribution >= 4 is 34.4 Å². The molecule has 0 bridgehead atoms. The standard InChI is InChI=1S/C22H19N3O5/c1-14(21(27)24-16-7-5-6-15(10-16)11-23)30-20(26)13-25-12-18(22(28)29-2)17-8-3-4-9-19(17)25/h3-10,12,14H,13H2,1-2H3,(H,24,27)/t14-/m1/s1. The van der Waals surface area contributed by atoms with Crippen molar-refractivity contribution in [3.05, 3.63) is 65.9 Å². The molecule has 0 aliphatic heterocycles. The van der Waals surface area contributed by atoms with Crippen molar-refractivity contribution in [2.24, 2.45) is 0 Å². The molecule has 3 rings (SSSR count). The summed E-state index contributed by atoms with van der Waals surface area (Å²) in [6.07, 6.45) is 0.473. The van der Waals surface area contributed by atoms with E-state index in [-0.39, 0.29) is 6.54 Å². The molecule has 0 spiro atoms. The monoisotopic (exact) mass is 405 g/mol. The molecule has 2 aromatic carbocycles. The van der Waals surface area contributed by atoms with Crippen LogP contribution >= 0.6 is 0 Å². The highest BCUT2D eigenvalue weighted by Gasteiger charge is 2.21. The lowest BCUT2D eigenvalue weighted by Crippen LogP contribution is -2.31. The predicted octanol–water partition coefficient (Wildman–Crippen LogP) is 2.87. The molecule has 3 aromatic rings. The highest BCUT2D eigenvalue weighted by Crippen LogP contribution is 2.22. The lowest BCUT2D eigenvalue weighted by atomic mass is 10.2. The first-order valence-electron chi connectivity index (χ1n) is 9.09. The van der Waals surface area contributed by atoms with Crippen LogP contribution in [0.3, 0.4) is 0 Å². The van der Waals surface area contributed by atoms with Gasteiger partial charge in [0.05, 0.1) is 24.3 Å². The Bertz CT molecular complexity index is 1160. The van der Waals surface area contributed by atoms with Gasteiger partial charge in [-0.05, 0) is 31.2 Å². The molecule has 0 saturated heterocycles. The maximum Gasteiger partial charge on any atom is 0.340 e. The summed E-state index contributed by atoms with van der Waals surface area (Å²) in [6, 6.07) is 15.5. The van der Waals surface area contributed by atoms with Crippen molar-refractivity contribution in [2.45, 2.75) is 19.6 Å². The fraction of sp³-hybridized carbons (Fsp3) is 0.182. The van der Waals surface area contributed by atoms with Gasteiger partial charge in [0.25, 0.3) is 5.91 Å². The van der Waals surface area contributed by atoms with Gasteiger partial charge in [0.1, 0.15) is 6.54 Å². The number of amides is 1. The first kappa shape index (κ1) is 20.6. The quantitative estimate of drug-likeness (QED) is 0.632. The van der Waals surface area contributed by atoms with Crippen molar-refractivity contribution in [1.29, 1.82) is 5.26 Å². The molecule has 0 aliphatic carbocycles. The van der Waals surface area contributed by atoms with E-state index in [0.717, 1.165) is 0 Å². The first-order chi connectivity index (χ1) is 14.4. The maximum absolute atomic E-state index is 12.4. The van der Waals surface area contributed by atoms with Crippen LogP contribution in [0, 0.1) is 11.3 Å². The minimum atomic E-state index is -1.05. The largest absolute Gasteiger partial charge is 0.465 e. The minimum absolute atomic E-state index is 0.182. The Hall–Kier alpha value is -4.12. The van der Waals surface area contributed by atoms with E-state index in [1.807, 2.05) is 6.07 Å². The molecule has 1 heterocycles. The number of carbonyl (C=O) groups excluding carboxylic acids is 3. The summed E-state index contributed by atoms with van der Waals surface area (Å²) in [5.41, 5.74) is 1.84. The summed E-state index contributed by atoms with van der Waals surface area (Å²) in [6.45, 7) is 1.27. The number of nitrogens with zero attached hydrogens (tertiary/aromatic N) is 2. The lowest BCUT2D eigenvalue weighted by Gasteiger charge is -2.14. The number of fused-ring (bicyclic) bond motifs is 1. The lowest BCUT2D eigenvalue weighted by molar-refractivity contribution is -0.153. The van der Waals surface area contributed by atoms with Gasteiger partial charge in [-0.2, -0.15) is 5.26 Å². The molecule has 0 unspecified atom stereocenters. The molecule has 1 atom stereocenters. The van der Waals surface area contributed by atoms with Gasteiger partial charge < -0.3 is 19.4 Å². The van der Waals surface area contributed by atoms with Crippen molar-refractivity contribution in [1.82, 2.24) is 4.57 Å². The number of ether oxygens (including phenoxy) is 2. The third kappa shape index (κ3) is 4.47. The molecule has 1 N–H and O–H groups in total. The van der Waals surface area contributed by atoms with E-state index >= 15 is 0 Å². The highest BCUT2D eigenvalue weighted by molar-refractivity contribution is 6.04. The third-order valence-corrected chi connectivity index (χ3v) is 4.43. The average Bonchev–Trinajstić information content (AvgIpc) is 3.11. The van der Waals surface area contributed by atoms with Gasteiger partial charge in [0, 0.05) is 22.8 Å². The van der Waals surface area contributed by atoms with E-state index in [4.69, 9.17) is 14.7 Å². The second-order valence-corrected chi connectivity index (χ2v) is 6.49. The van der Waals surface area contributed by atoms with E-state index in [1.54, 1.807) is 47.0 Å². The molecule has 0 radical (unpaired) electrons. The number of carbonyl (C=O) groups is 3. The van der Waals surface area contributed by atoms with Crippen LogP contribution in [0.4, 0.5) is 5.69 Å². The summed E-state index contributed by atoms with van der Waals surface area (Å²) >= 11 is 0. The zero-order chi connectivity index (χ0) is 21.7. The fourth-order valence-corrected chi connectivity index (χ4v) is 2.99. The average molecular weight is 405 g/mol. The topological polar surface area (TPSA) is 110 Å². The molecule has 0 saturated carbocycles. The molecule has 1 aromatic heterocycles. The van der Waals surface area contributed by atoms with E-state index in [9.17, 15) is 14.4 Å². The Morgan fingerprint density at radius 1 is 1.17 bits per heavy atom. The number of benzene rings is 2. The zero-order valence-electron chi connectivity index (χ0n) is 16.4. The number of para-hydroxylation sites is 1. The zero-order valence-corrected chi connectivity index (χ0v) is 16.4. The molecule has 0 aliphatic rings. The Kier molecular flexibility index (Phi) is 6.13. The Balaban J connectivity index is 1.68. The molecule has 8 heteroatoms. The smallest absolute Gasteiger partial charge is 0.340 e. The van der Waals surface area contributed by atoms with Gasteiger partial charge in [0.15, 0.2) is 6.10 Å². The Morgan fingerprint density at radius 3 is 2.67 bits per heavy atom. The second-order valence-electron chi connectivity index (χ2n) is 6.49. The van der Waals surface area contributed by atoms with Gasteiger partial charge in [-0.25, -0.2) is 4.79 Å². The van der Waals surface area contributed by atoms with Crippen molar-refractivity contribution in [3.63, 3.8) is 0 Å². The molecule has 152 valence electrons. The predicted molar refractivity (Wildman–Crippen MR) is 109 cm³/mol. The van der Waals surface area contributed by atoms with Crippen molar-refractivity contribution < 1.29 is 23.9 Å². The Morgan fingerprint density at radius 2 is 1.93 bits per heavy atom. The maximum atomic E-state index is 12.4. The summed E-state index contributed by atoms with van der Waals surface area (Å²) in [4.78, 5) is 36.7. The number of nitrogens with one attached hydrogen (secondary N) is 1. The van der Waals surface area contributed by atoms with Crippen LogP contribution in [0.25, 0.3) is 10.9 Å². The number of methoxy groups -OCH3 is 1. The molecule has 30 heavy (non-hydrogen) atoms. The third-order valence-electron chi connectivity index (χ3n) is 4.43. The summed E-state index contributed by atoms with van der Waals surface area (Å²) in [7, 11) is 1.29. The Labute approximate surface area is 172 Å². The summed E-state index contributed by atoms with van der Waals surface area (Å²) in [5, 5.41) is 12.2. The van der Waals surface area contributed by atoms with E-state index in [1.165, 1.54) is 26.3 Å². The summed E-state index contributed by atoms with van der Waals surface area (Å²) < 4.78 is 11.6. The first-order valence-corrected chi connectivity index (χ1v) is 9.09. The van der Waals surface area contributed by atoms with Crippen LogP contribution in [0.5, 0.6) is 0 Å². The molecule has 8 nitrogen and oxygen atoms in total. The van der Waals surface area contributed by atoms with Crippen LogP contribution in [0.2, 0.25) is 0 Å². The van der Waals surface area contributed by atoms with Gasteiger partial charge in [-0.1, -0.05) is 24.3 Å². The number of hydrogen-bond donors (Lipinski definition) is 1. The number of rotatable bonds is 6. The van der Waals surface area contributed by atoms with E-state index in [0.29, 0.717) is 27.7 Å². The van der Waals surface area contributed by atoms with Crippen molar-refractivity contribution in [2.75, 3.05) is 12.4 Å². The van der Waals surface area contributed by atoms with Crippen LogP contribution in [-0.2, 0) is 25.6 Å². The second kappa shape index (κ2) is 8.92. The number of anilines is 1. The fourth-order valence-electron chi connectivity index (χ4n) is 2.99. The molecular weight excluding hydrogens is 386 g/mol. The van der Waals surface area contributed by atoms with E-state index in [2.05, 4.69) is 5.32 Å². The van der Waals surface area contributed by atoms with Crippen LogP contribution < -0.4 is 5.32 Å². The van der Waals surface area contributed by atoms with Crippen molar-refractivity contribution in [3.8, 4) is 6.07 Å². The van der Waals surface area contributed by atoms with Crippen LogP contribution in [0.1, 0.15) is 22.8 Å². The molecule has 0 fully saturated rings. The normalized spacial score (nSPS) is 11.4. The van der Waals surface area contributed by atoms with Crippen LogP contribution in [-0.4, -0.2) is 35.6 Å². The number of nitriles is 1. The number of esters is 2. The van der Waals surface area contributed by atoms with Crippen LogP contribution in [0.15, 0.2) is 54.7 Å². The van der Waals surface area contributed by atoms with E-state index < -0.39 is 23.9 Å². The SMILES string of the molecule is COC(=O)c1cn(CC(=O)O[C@H](C)C(=O)Nc2cccc(C#N)c2)c2ccccc12. The molecular formula is C22H19N3O5. The van der Waals surface area contributed by atoms with Gasteiger partial charge >= 0.3 is 11.9 Å². The summed E-state index contributed by atoms with van der Waals surface area (Å²) in [5.74, 6) is -1.67. The highest BCUT2D eigenvalue weighted by atomic mass is 16.5. The number of aromatic nitrogens is 1. The number of hydrogen-bond acceptors (Lipinski definition) is 6. The molecule has 1 amide bonds.